The molecule has 1 saturated heterocycles. The summed E-state index contributed by atoms with van der Waals surface area (Å²) < 4.78 is 4.46. The van der Waals surface area contributed by atoms with Gasteiger partial charge in [0.05, 0.1) is 0 Å². The van der Waals surface area contributed by atoms with E-state index in [0.29, 0.717) is 5.92 Å². The number of hydrogen-bond acceptors (Lipinski definition) is 4. The van der Waals surface area contributed by atoms with Gasteiger partial charge >= 0.3 is 0 Å². The molecule has 1 aromatic heterocycles. The number of piperidine rings is 1. The average molecular weight is 274 g/mol. The van der Waals surface area contributed by atoms with Gasteiger partial charge in [-0.05, 0) is 18.8 Å². The first-order valence-electron chi connectivity index (χ1n) is 6.16. The normalized spacial score (nSPS) is 18.7. The van der Waals surface area contributed by atoms with Crippen molar-refractivity contribution in [1.29, 1.82) is 0 Å². The Bertz CT molecular complexity index is 364. The summed E-state index contributed by atoms with van der Waals surface area (Å²) in [5.41, 5.74) is 0.0449. The topological polar surface area (TPSA) is 29.0 Å². The summed E-state index contributed by atoms with van der Waals surface area (Å²) in [6, 6.07) is 0. The van der Waals surface area contributed by atoms with Crippen LogP contribution in [0, 0.1) is 5.92 Å². The third-order valence-electron chi connectivity index (χ3n) is 3.19. The summed E-state index contributed by atoms with van der Waals surface area (Å²) in [6.45, 7) is 8.59. The molecule has 0 bridgehead atoms. The van der Waals surface area contributed by atoms with E-state index in [4.69, 9.17) is 11.6 Å². The maximum Gasteiger partial charge on any atom is 0.205 e. The first kappa shape index (κ1) is 13.1. The van der Waals surface area contributed by atoms with Crippen molar-refractivity contribution in [3.63, 3.8) is 0 Å². The first-order valence-corrected chi connectivity index (χ1v) is 7.46. The predicted molar refractivity (Wildman–Crippen MR) is 74.3 cm³/mol. The van der Waals surface area contributed by atoms with Gasteiger partial charge in [-0.25, -0.2) is 4.98 Å². The SMILES string of the molecule is CC(C)(C)c1nsc(N2CCC(CCl)CC2)n1. The molecule has 1 aliphatic rings. The number of aromatic nitrogens is 2. The second kappa shape index (κ2) is 5.11. The molecule has 3 nitrogen and oxygen atoms in total. The zero-order chi connectivity index (χ0) is 12.5. The molecule has 0 saturated carbocycles. The molecule has 1 aliphatic heterocycles. The Balaban J connectivity index is 2.02. The number of halogens is 1. The highest BCUT2D eigenvalue weighted by atomic mass is 35.5. The lowest BCUT2D eigenvalue weighted by molar-refractivity contribution is 0.442. The van der Waals surface area contributed by atoms with Crippen LogP contribution in [0.1, 0.15) is 39.4 Å². The van der Waals surface area contributed by atoms with Crippen molar-refractivity contribution in [3.8, 4) is 0 Å². The minimum Gasteiger partial charge on any atom is -0.347 e. The van der Waals surface area contributed by atoms with Crippen LogP contribution < -0.4 is 4.90 Å². The van der Waals surface area contributed by atoms with Crippen LogP contribution in [0.2, 0.25) is 0 Å². The van der Waals surface area contributed by atoms with Gasteiger partial charge in [0.25, 0.3) is 0 Å². The van der Waals surface area contributed by atoms with E-state index in [-0.39, 0.29) is 5.41 Å². The molecule has 0 amide bonds. The fourth-order valence-corrected chi connectivity index (χ4v) is 3.14. The van der Waals surface area contributed by atoms with Gasteiger partial charge < -0.3 is 4.90 Å². The van der Waals surface area contributed by atoms with Crippen molar-refractivity contribution in [3.05, 3.63) is 5.82 Å². The molecular weight excluding hydrogens is 254 g/mol. The molecule has 2 heterocycles. The molecule has 0 radical (unpaired) electrons. The minimum atomic E-state index is 0.0449. The quantitative estimate of drug-likeness (QED) is 0.775. The van der Waals surface area contributed by atoms with E-state index in [1.54, 1.807) is 0 Å². The highest BCUT2D eigenvalue weighted by Gasteiger charge is 2.24. The van der Waals surface area contributed by atoms with E-state index in [1.165, 1.54) is 24.4 Å². The molecule has 2 rings (SSSR count). The molecule has 0 atom stereocenters. The summed E-state index contributed by atoms with van der Waals surface area (Å²) >= 11 is 7.42. The van der Waals surface area contributed by atoms with Crippen molar-refractivity contribution >= 4 is 28.3 Å². The Labute approximate surface area is 112 Å². The van der Waals surface area contributed by atoms with Crippen molar-refractivity contribution in [1.82, 2.24) is 9.36 Å². The molecule has 0 unspecified atom stereocenters. The number of hydrogen-bond donors (Lipinski definition) is 0. The molecule has 0 aromatic carbocycles. The number of alkyl halides is 1. The Morgan fingerprint density at radius 1 is 1.35 bits per heavy atom. The van der Waals surface area contributed by atoms with Gasteiger partial charge in [-0.3, -0.25) is 0 Å². The van der Waals surface area contributed by atoms with Crippen LogP contribution in [0.25, 0.3) is 0 Å². The molecule has 17 heavy (non-hydrogen) atoms. The van der Waals surface area contributed by atoms with Gasteiger partial charge in [0.15, 0.2) is 0 Å². The van der Waals surface area contributed by atoms with E-state index in [2.05, 4.69) is 35.0 Å². The largest absolute Gasteiger partial charge is 0.347 e. The molecule has 0 aliphatic carbocycles. The molecule has 1 aromatic rings. The minimum absolute atomic E-state index is 0.0449. The number of anilines is 1. The van der Waals surface area contributed by atoms with Crippen LogP contribution in [0.4, 0.5) is 5.13 Å². The summed E-state index contributed by atoms with van der Waals surface area (Å²) in [7, 11) is 0. The lowest BCUT2D eigenvalue weighted by atomic mass is 9.96. The van der Waals surface area contributed by atoms with Crippen LogP contribution in [0.5, 0.6) is 0 Å². The average Bonchev–Trinajstić information content (AvgIpc) is 2.78. The van der Waals surface area contributed by atoms with Gasteiger partial charge in [0.1, 0.15) is 5.82 Å². The zero-order valence-corrected chi connectivity index (χ0v) is 12.3. The van der Waals surface area contributed by atoms with Crippen molar-refractivity contribution < 1.29 is 0 Å². The Morgan fingerprint density at radius 2 is 2.00 bits per heavy atom. The Morgan fingerprint density at radius 3 is 2.47 bits per heavy atom. The van der Waals surface area contributed by atoms with Crippen molar-refractivity contribution in [2.24, 2.45) is 5.92 Å². The van der Waals surface area contributed by atoms with Crippen LogP contribution in [-0.2, 0) is 5.41 Å². The zero-order valence-electron chi connectivity index (χ0n) is 10.7. The monoisotopic (exact) mass is 273 g/mol. The fraction of sp³-hybridized carbons (Fsp3) is 0.833. The van der Waals surface area contributed by atoms with E-state index in [9.17, 15) is 0 Å². The summed E-state index contributed by atoms with van der Waals surface area (Å²) in [5.74, 6) is 2.43. The van der Waals surface area contributed by atoms with Gasteiger partial charge in [-0.15, -0.1) is 11.6 Å². The highest BCUT2D eigenvalue weighted by molar-refractivity contribution is 7.09. The van der Waals surface area contributed by atoms with Crippen molar-refractivity contribution in [2.75, 3.05) is 23.9 Å². The molecule has 0 spiro atoms. The van der Waals surface area contributed by atoms with Crippen molar-refractivity contribution in [2.45, 2.75) is 39.0 Å². The predicted octanol–water partition coefficient (Wildman–Crippen LogP) is 3.29. The Hall–Kier alpha value is -0.350. The standard InChI is InChI=1S/C12H20ClN3S/c1-12(2,3)10-14-11(17-15-10)16-6-4-9(8-13)5-7-16/h9H,4-8H2,1-3H3. The van der Waals surface area contributed by atoms with Crippen LogP contribution >= 0.6 is 23.1 Å². The Kier molecular flexibility index (Phi) is 3.93. The lowest BCUT2D eigenvalue weighted by Crippen LogP contribution is -2.34. The van der Waals surface area contributed by atoms with Gasteiger partial charge in [-0.2, -0.15) is 4.37 Å². The second-order valence-corrected chi connectivity index (χ2v) is 6.77. The van der Waals surface area contributed by atoms with Crippen LogP contribution in [-0.4, -0.2) is 28.3 Å². The van der Waals surface area contributed by atoms with Crippen LogP contribution in [0.3, 0.4) is 0 Å². The lowest BCUT2D eigenvalue weighted by Gasteiger charge is -2.30. The van der Waals surface area contributed by atoms with Gasteiger partial charge in [0.2, 0.25) is 5.13 Å². The van der Waals surface area contributed by atoms with E-state index < -0.39 is 0 Å². The maximum absolute atomic E-state index is 5.89. The second-order valence-electron chi connectivity index (χ2n) is 5.74. The van der Waals surface area contributed by atoms with E-state index >= 15 is 0 Å². The molecule has 5 heteroatoms. The summed E-state index contributed by atoms with van der Waals surface area (Å²) in [4.78, 5) is 7.00. The van der Waals surface area contributed by atoms with E-state index in [0.717, 1.165) is 29.9 Å². The molecule has 0 N–H and O–H groups in total. The third kappa shape index (κ3) is 3.10. The smallest absolute Gasteiger partial charge is 0.205 e. The first-order chi connectivity index (χ1) is 8.00. The molecular formula is C12H20ClN3S. The fourth-order valence-electron chi connectivity index (χ4n) is 1.93. The highest BCUT2D eigenvalue weighted by Crippen LogP contribution is 2.28. The summed E-state index contributed by atoms with van der Waals surface area (Å²) in [6.07, 6.45) is 2.35. The molecule has 96 valence electrons. The number of rotatable bonds is 2. The molecule has 1 fully saturated rings. The van der Waals surface area contributed by atoms with Crippen LogP contribution in [0.15, 0.2) is 0 Å². The maximum atomic E-state index is 5.89. The van der Waals surface area contributed by atoms with Gasteiger partial charge in [0, 0.05) is 35.9 Å². The van der Waals surface area contributed by atoms with Gasteiger partial charge in [-0.1, -0.05) is 20.8 Å². The summed E-state index contributed by atoms with van der Waals surface area (Å²) in [5, 5.41) is 1.07. The number of nitrogens with zero attached hydrogens (tertiary/aromatic N) is 3. The van der Waals surface area contributed by atoms with E-state index in [1.807, 2.05) is 0 Å². The third-order valence-corrected chi connectivity index (χ3v) is 4.40.